The molecule has 0 heterocycles. The van der Waals surface area contributed by atoms with Crippen LogP contribution in [0.2, 0.25) is 0 Å². The maximum Gasteiger partial charge on any atom is -0.0261 e. The Morgan fingerprint density at radius 2 is 1.62 bits per heavy atom. The SMILES string of the molecule is CCCC1C2CC2C2C3CCC4CC(CC)CCC4C3CCC12C. The first kappa shape index (κ1) is 16.2. The number of hydrogen-bond acceptors (Lipinski definition) is 0. The van der Waals surface area contributed by atoms with E-state index in [0.717, 1.165) is 52.8 Å². The molecule has 0 N–H and O–H groups in total. The molecule has 0 saturated heterocycles. The van der Waals surface area contributed by atoms with E-state index in [9.17, 15) is 0 Å². The van der Waals surface area contributed by atoms with Crippen molar-refractivity contribution in [2.45, 2.75) is 91.4 Å². The fraction of sp³-hybridized carbons (Fsp3) is 1.00. The fourth-order valence-corrected chi connectivity index (χ4v) is 9.29. The molecule has 0 nitrogen and oxygen atoms in total. The molecule has 0 amide bonds. The van der Waals surface area contributed by atoms with E-state index >= 15 is 0 Å². The topological polar surface area (TPSA) is 0 Å². The average molecular weight is 329 g/mol. The molecule has 0 aliphatic heterocycles. The maximum atomic E-state index is 2.75. The Labute approximate surface area is 150 Å². The average Bonchev–Trinajstić information content (AvgIpc) is 3.33. The molecular formula is C24H40. The molecule has 10 unspecified atom stereocenters. The quantitative estimate of drug-likeness (QED) is 0.526. The summed E-state index contributed by atoms with van der Waals surface area (Å²) in [4.78, 5) is 0. The van der Waals surface area contributed by atoms with E-state index in [0.29, 0.717) is 0 Å². The third kappa shape index (κ3) is 2.16. The minimum absolute atomic E-state index is 0.748. The van der Waals surface area contributed by atoms with Crippen LogP contribution in [0.25, 0.3) is 0 Å². The largest absolute Gasteiger partial charge is 0.0654 e. The normalized spacial score (nSPS) is 58.4. The van der Waals surface area contributed by atoms with Gasteiger partial charge in [0.25, 0.3) is 0 Å². The summed E-state index contributed by atoms with van der Waals surface area (Å²) < 4.78 is 0. The Morgan fingerprint density at radius 1 is 0.792 bits per heavy atom. The van der Waals surface area contributed by atoms with Crippen LogP contribution in [0.1, 0.15) is 91.4 Å². The highest BCUT2D eigenvalue weighted by Crippen LogP contribution is 2.75. The summed E-state index contributed by atoms with van der Waals surface area (Å²) in [5, 5.41) is 0. The van der Waals surface area contributed by atoms with Crippen LogP contribution in [-0.2, 0) is 0 Å². The first-order chi connectivity index (χ1) is 11.7. The van der Waals surface area contributed by atoms with Gasteiger partial charge in [-0.25, -0.2) is 0 Å². The third-order valence-electron chi connectivity index (χ3n) is 10.3. The minimum atomic E-state index is 0.748. The van der Waals surface area contributed by atoms with Crippen LogP contribution in [-0.4, -0.2) is 0 Å². The van der Waals surface area contributed by atoms with Crippen LogP contribution in [0, 0.1) is 58.7 Å². The molecule has 24 heavy (non-hydrogen) atoms. The smallest absolute Gasteiger partial charge is 0.0261 e. The van der Waals surface area contributed by atoms with Gasteiger partial charge in [-0.05, 0) is 110 Å². The highest BCUT2D eigenvalue weighted by Gasteiger charge is 2.68. The molecule has 0 aromatic carbocycles. The molecule has 5 aliphatic carbocycles. The van der Waals surface area contributed by atoms with Crippen LogP contribution in [0.15, 0.2) is 0 Å². The van der Waals surface area contributed by atoms with Crippen molar-refractivity contribution in [2.24, 2.45) is 58.7 Å². The van der Waals surface area contributed by atoms with Crippen molar-refractivity contribution in [3.8, 4) is 0 Å². The molecule has 10 atom stereocenters. The molecule has 0 bridgehead atoms. The number of rotatable bonds is 3. The van der Waals surface area contributed by atoms with Gasteiger partial charge in [-0.2, -0.15) is 0 Å². The Kier molecular flexibility index (Phi) is 3.88. The highest BCUT2D eigenvalue weighted by molar-refractivity contribution is 5.16. The van der Waals surface area contributed by atoms with E-state index in [1.807, 2.05) is 0 Å². The second kappa shape index (κ2) is 5.75. The van der Waals surface area contributed by atoms with E-state index in [-0.39, 0.29) is 0 Å². The molecule has 5 saturated carbocycles. The predicted octanol–water partition coefficient (Wildman–Crippen LogP) is 6.94. The second-order valence-electron chi connectivity index (χ2n) is 10.9. The molecule has 0 aromatic rings. The third-order valence-corrected chi connectivity index (χ3v) is 10.3. The molecule has 0 aromatic heterocycles. The lowest BCUT2D eigenvalue weighted by Crippen LogP contribution is -2.50. The van der Waals surface area contributed by atoms with Gasteiger partial charge in [0.1, 0.15) is 0 Å². The van der Waals surface area contributed by atoms with Gasteiger partial charge in [0, 0.05) is 0 Å². The Hall–Kier alpha value is 0. The van der Waals surface area contributed by atoms with E-state index in [4.69, 9.17) is 0 Å². The summed E-state index contributed by atoms with van der Waals surface area (Å²) >= 11 is 0. The number of fused-ring (bicyclic) bond motifs is 7. The van der Waals surface area contributed by atoms with Crippen LogP contribution in [0.4, 0.5) is 0 Å². The maximum absolute atomic E-state index is 2.75. The summed E-state index contributed by atoms with van der Waals surface area (Å²) in [6.07, 6.45) is 17.2. The van der Waals surface area contributed by atoms with Crippen molar-refractivity contribution < 1.29 is 0 Å². The van der Waals surface area contributed by atoms with Gasteiger partial charge in [-0.3, -0.25) is 0 Å². The van der Waals surface area contributed by atoms with Crippen molar-refractivity contribution in [1.29, 1.82) is 0 Å². The second-order valence-corrected chi connectivity index (χ2v) is 10.9. The van der Waals surface area contributed by atoms with Gasteiger partial charge in [0.15, 0.2) is 0 Å². The lowest BCUT2D eigenvalue weighted by atomic mass is 9.48. The first-order valence-electron chi connectivity index (χ1n) is 11.7. The molecule has 5 aliphatic rings. The van der Waals surface area contributed by atoms with E-state index in [1.54, 1.807) is 51.4 Å². The fourth-order valence-electron chi connectivity index (χ4n) is 9.29. The van der Waals surface area contributed by atoms with E-state index < -0.39 is 0 Å². The van der Waals surface area contributed by atoms with Crippen LogP contribution in [0.3, 0.4) is 0 Å². The van der Waals surface area contributed by atoms with Gasteiger partial charge in [0.2, 0.25) is 0 Å². The molecule has 0 radical (unpaired) electrons. The molecular weight excluding hydrogens is 288 g/mol. The molecule has 5 rings (SSSR count). The van der Waals surface area contributed by atoms with E-state index in [2.05, 4.69) is 20.8 Å². The van der Waals surface area contributed by atoms with Crippen LogP contribution in [0.5, 0.6) is 0 Å². The zero-order chi connectivity index (χ0) is 16.5. The monoisotopic (exact) mass is 328 g/mol. The van der Waals surface area contributed by atoms with Crippen LogP contribution < -0.4 is 0 Å². The van der Waals surface area contributed by atoms with Crippen LogP contribution >= 0.6 is 0 Å². The van der Waals surface area contributed by atoms with Crippen molar-refractivity contribution in [2.75, 3.05) is 0 Å². The summed E-state index contributed by atoms with van der Waals surface area (Å²) in [5.74, 6) is 10.2. The highest BCUT2D eigenvalue weighted by atomic mass is 14.7. The van der Waals surface area contributed by atoms with Gasteiger partial charge in [0.05, 0.1) is 0 Å². The summed E-state index contributed by atoms with van der Waals surface area (Å²) in [5.41, 5.74) is 0.748. The molecule has 5 fully saturated rings. The van der Waals surface area contributed by atoms with Crippen molar-refractivity contribution >= 4 is 0 Å². The Morgan fingerprint density at radius 3 is 2.42 bits per heavy atom. The van der Waals surface area contributed by atoms with Gasteiger partial charge < -0.3 is 0 Å². The lowest BCUT2D eigenvalue weighted by Gasteiger charge is -2.57. The van der Waals surface area contributed by atoms with Gasteiger partial charge in [-0.1, -0.05) is 40.0 Å². The Balaban J connectivity index is 1.38. The first-order valence-corrected chi connectivity index (χ1v) is 11.7. The van der Waals surface area contributed by atoms with Crippen molar-refractivity contribution in [3.63, 3.8) is 0 Å². The Bertz CT molecular complexity index is 480. The van der Waals surface area contributed by atoms with Crippen molar-refractivity contribution in [1.82, 2.24) is 0 Å². The predicted molar refractivity (Wildman–Crippen MR) is 102 cm³/mol. The summed E-state index contributed by atoms with van der Waals surface area (Å²) in [7, 11) is 0. The standard InChI is InChI=1S/C24H40/c1-4-6-22-20-14-21(20)23-19-10-8-16-13-15(5-2)7-9-17(16)18(19)11-12-24(22,23)3/h15-23H,4-14H2,1-3H3. The minimum Gasteiger partial charge on any atom is -0.0654 e. The lowest BCUT2D eigenvalue weighted by molar-refractivity contribution is -0.0815. The van der Waals surface area contributed by atoms with Gasteiger partial charge in [-0.15, -0.1) is 0 Å². The van der Waals surface area contributed by atoms with Gasteiger partial charge >= 0.3 is 0 Å². The zero-order valence-corrected chi connectivity index (χ0v) is 16.5. The number of hydrogen-bond donors (Lipinski definition) is 0. The van der Waals surface area contributed by atoms with Crippen molar-refractivity contribution in [3.05, 3.63) is 0 Å². The van der Waals surface area contributed by atoms with E-state index in [1.165, 1.54) is 25.2 Å². The summed E-state index contributed by atoms with van der Waals surface area (Å²) in [6.45, 7) is 7.61. The zero-order valence-electron chi connectivity index (χ0n) is 16.5. The molecule has 0 heteroatoms. The molecule has 136 valence electrons. The summed E-state index contributed by atoms with van der Waals surface area (Å²) in [6, 6.07) is 0. The molecule has 0 spiro atoms.